The van der Waals surface area contributed by atoms with Crippen LogP contribution in [0.1, 0.15) is 0 Å². The second-order valence-electron chi connectivity index (χ2n) is 3.08. The summed E-state index contributed by atoms with van der Waals surface area (Å²) in [5.74, 6) is 0. The molecule has 0 saturated heterocycles. The van der Waals surface area contributed by atoms with Gasteiger partial charge in [-0.05, 0) is 12.1 Å². The minimum atomic E-state index is -0.412. The molecule has 0 saturated carbocycles. The van der Waals surface area contributed by atoms with Gasteiger partial charge in [0.15, 0.2) is 0 Å². The molecule has 0 aliphatic rings. The number of hydrogen-bond acceptors (Lipinski definition) is 5. The van der Waals surface area contributed by atoms with E-state index in [4.69, 9.17) is 0 Å². The molecule has 1 N–H and O–H groups in total. The summed E-state index contributed by atoms with van der Waals surface area (Å²) in [6.07, 6.45) is 1.74. The van der Waals surface area contributed by atoms with Gasteiger partial charge in [0.1, 0.15) is 10.0 Å². The summed E-state index contributed by atoms with van der Waals surface area (Å²) in [6.45, 7) is 0. The van der Waals surface area contributed by atoms with Gasteiger partial charge in [0.05, 0.1) is 11.1 Å². The molecule has 6 heteroatoms. The molecule has 1 aromatic heterocycles. The van der Waals surface area contributed by atoms with E-state index in [-0.39, 0.29) is 5.69 Å². The zero-order valence-corrected chi connectivity index (χ0v) is 9.32. The second-order valence-corrected chi connectivity index (χ2v) is 4.11. The Balaban J connectivity index is 2.30. The molecule has 1 heterocycles. The first kappa shape index (κ1) is 10.6. The maximum absolute atomic E-state index is 10.5. The lowest BCUT2D eigenvalue weighted by Gasteiger charge is -1.95. The molecule has 5 nitrogen and oxygen atoms in total. The van der Waals surface area contributed by atoms with E-state index in [0.717, 1.165) is 15.6 Å². The molecule has 1 aromatic carbocycles. The average Bonchev–Trinajstić information content (AvgIpc) is 2.77. The summed E-state index contributed by atoms with van der Waals surface area (Å²) in [4.78, 5) is 14.3. The Hall–Kier alpha value is -1.95. The molecule has 16 heavy (non-hydrogen) atoms. The number of benzene rings is 1. The van der Waals surface area contributed by atoms with Gasteiger partial charge in [0.2, 0.25) is 0 Å². The van der Waals surface area contributed by atoms with Gasteiger partial charge in [0, 0.05) is 24.7 Å². The van der Waals surface area contributed by atoms with Crippen LogP contribution < -0.4 is 5.32 Å². The first-order valence-electron chi connectivity index (χ1n) is 4.59. The first-order valence-corrected chi connectivity index (χ1v) is 5.41. The molecule has 0 aliphatic heterocycles. The molecule has 0 unspecified atom stereocenters. The number of nitrogens with zero attached hydrogens (tertiary/aromatic N) is 2. The van der Waals surface area contributed by atoms with Gasteiger partial charge in [-0.3, -0.25) is 10.1 Å². The summed E-state index contributed by atoms with van der Waals surface area (Å²) >= 11 is 1.51. The van der Waals surface area contributed by atoms with Gasteiger partial charge < -0.3 is 5.32 Å². The fourth-order valence-electron chi connectivity index (χ4n) is 1.25. The predicted octanol–water partition coefficient (Wildman–Crippen LogP) is 2.76. The molecule has 2 rings (SSSR count). The molecule has 0 radical (unpaired) electrons. The Morgan fingerprint density at radius 2 is 2.06 bits per heavy atom. The molecule has 0 atom stereocenters. The minimum absolute atomic E-state index is 0.0918. The Morgan fingerprint density at radius 3 is 2.56 bits per heavy atom. The Kier molecular flexibility index (Phi) is 2.82. The lowest BCUT2D eigenvalue weighted by atomic mass is 10.2. The number of anilines is 1. The number of rotatable bonds is 3. The van der Waals surface area contributed by atoms with Gasteiger partial charge in [-0.1, -0.05) is 11.3 Å². The molecular formula is C10H9N3O2S. The smallest absolute Gasteiger partial charge is 0.269 e. The summed E-state index contributed by atoms with van der Waals surface area (Å²) in [5, 5.41) is 15.3. The van der Waals surface area contributed by atoms with Crippen molar-refractivity contribution in [1.29, 1.82) is 0 Å². The van der Waals surface area contributed by atoms with E-state index >= 15 is 0 Å². The second kappa shape index (κ2) is 4.28. The van der Waals surface area contributed by atoms with Crippen LogP contribution in [0.15, 0.2) is 30.5 Å². The highest BCUT2D eigenvalue weighted by Crippen LogP contribution is 2.29. The number of thiazole rings is 1. The average molecular weight is 235 g/mol. The number of hydrogen-bond donors (Lipinski definition) is 1. The lowest BCUT2D eigenvalue weighted by Crippen LogP contribution is -1.86. The van der Waals surface area contributed by atoms with Crippen LogP contribution in [0, 0.1) is 10.1 Å². The highest BCUT2D eigenvalue weighted by atomic mass is 32.1. The van der Waals surface area contributed by atoms with Crippen LogP contribution in [0.4, 0.5) is 10.7 Å². The predicted molar refractivity (Wildman–Crippen MR) is 63.8 cm³/mol. The van der Waals surface area contributed by atoms with Crippen LogP contribution >= 0.6 is 11.3 Å². The fourth-order valence-corrected chi connectivity index (χ4v) is 2.02. The molecule has 2 aromatic rings. The quantitative estimate of drug-likeness (QED) is 0.656. The summed E-state index contributed by atoms with van der Waals surface area (Å²) in [6, 6.07) is 6.37. The maximum atomic E-state index is 10.5. The van der Waals surface area contributed by atoms with E-state index < -0.39 is 4.92 Å². The normalized spacial score (nSPS) is 10.1. The van der Waals surface area contributed by atoms with Crippen molar-refractivity contribution in [1.82, 2.24) is 4.98 Å². The van der Waals surface area contributed by atoms with Crippen LogP contribution in [-0.4, -0.2) is 17.0 Å². The monoisotopic (exact) mass is 235 g/mol. The topological polar surface area (TPSA) is 68.1 Å². The van der Waals surface area contributed by atoms with E-state index in [2.05, 4.69) is 10.3 Å². The van der Waals surface area contributed by atoms with E-state index in [0.29, 0.717) is 0 Å². The van der Waals surface area contributed by atoms with Crippen LogP contribution in [0.2, 0.25) is 0 Å². The number of nitrogens with one attached hydrogen (secondary N) is 1. The van der Waals surface area contributed by atoms with Crippen LogP contribution in [0.3, 0.4) is 0 Å². The standard InChI is InChI=1S/C10H9N3O2S/c1-11-9-6-12-10(16-9)7-2-4-8(5-3-7)13(14)15/h2-6,11H,1H3. The third-order valence-electron chi connectivity index (χ3n) is 2.08. The Bertz CT molecular complexity index is 507. The molecule has 0 aliphatic carbocycles. The van der Waals surface area contributed by atoms with Crippen molar-refractivity contribution < 1.29 is 4.92 Å². The summed E-state index contributed by atoms with van der Waals surface area (Å²) in [7, 11) is 1.83. The fraction of sp³-hybridized carbons (Fsp3) is 0.100. The van der Waals surface area contributed by atoms with Crippen molar-refractivity contribution in [2.75, 3.05) is 12.4 Å². The Labute approximate surface area is 95.9 Å². The lowest BCUT2D eigenvalue weighted by molar-refractivity contribution is -0.384. The molecule has 0 bridgehead atoms. The van der Waals surface area contributed by atoms with Crippen molar-refractivity contribution in [3.63, 3.8) is 0 Å². The number of non-ortho nitro benzene ring substituents is 1. The minimum Gasteiger partial charge on any atom is -0.379 e. The zero-order valence-electron chi connectivity index (χ0n) is 8.51. The highest BCUT2D eigenvalue weighted by molar-refractivity contribution is 7.18. The third kappa shape index (κ3) is 2.01. The van der Waals surface area contributed by atoms with Crippen LogP contribution in [0.5, 0.6) is 0 Å². The maximum Gasteiger partial charge on any atom is 0.269 e. The third-order valence-corrected chi connectivity index (χ3v) is 3.14. The van der Waals surface area contributed by atoms with Crippen LogP contribution in [-0.2, 0) is 0 Å². The molecule has 0 fully saturated rings. The van der Waals surface area contributed by atoms with Crippen molar-refractivity contribution in [2.24, 2.45) is 0 Å². The van der Waals surface area contributed by atoms with Gasteiger partial charge in [-0.25, -0.2) is 4.98 Å². The van der Waals surface area contributed by atoms with Crippen molar-refractivity contribution >= 4 is 22.0 Å². The molecule has 82 valence electrons. The van der Waals surface area contributed by atoms with E-state index in [1.54, 1.807) is 18.3 Å². The largest absolute Gasteiger partial charge is 0.379 e. The first-order chi connectivity index (χ1) is 7.70. The van der Waals surface area contributed by atoms with Gasteiger partial charge in [-0.15, -0.1) is 0 Å². The number of nitro groups is 1. The molecular weight excluding hydrogens is 226 g/mol. The number of aromatic nitrogens is 1. The van der Waals surface area contributed by atoms with Crippen molar-refractivity contribution in [3.05, 3.63) is 40.6 Å². The molecule has 0 spiro atoms. The highest BCUT2D eigenvalue weighted by Gasteiger charge is 2.07. The van der Waals surface area contributed by atoms with Crippen LogP contribution in [0.25, 0.3) is 10.6 Å². The summed E-state index contributed by atoms with van der Waals surface area (Å²) in [5.41, 5.74) is 0.978. The van der Waals surface area contributed by atoms with Gasteiger partial charge >= 0.3 is 0 Å². The van der Waals surface area contributed by atoms with Gasteiger partial charge in [-0.2, -0.15) is 0 Å². The zero-order chi connectivity index (χ0) is 11.5. The van der Waals surface area contributed by atoms with Crippen molar-refractivity contribution in [2.45, 2.75) is 0 Å². The number of nitro benzene ring substituents is 1. The molecule has 0 amide bonds. The Morgan fingerprint density at radius 1 is 1.38 bits per heavy atom. The summed E-state index contributed by atoms with van der Waals surface area (Å²) < 4.78 is 0. The van der Waals surface area contributed by atoms with E-state index in [9.17, 15) is 10.1 Å². The van der Waals surface area contributed by atoms with E-state index in [1.165, 1.54) is 23.5 Å². The van der Waals surface area contributed by atoms with E-state index in [1.807, 2.05) is 7.05 Å². The van der Waals surface area contributed by atoms with Crippen molar-refractivity contribution in [3.8, 4) is 10.6 Å². The SMILES string of the molecule is CNc1cnc(-c2ccc([N+](=O)[O-])cc2)s1. The van der Waals surface area contributed by atoms with Gasteiger partial charge in [0.25, 0.3) is 5.69 Å².